The second-order valence-corrected chi connectivity index (χ2v) is 4.73. The molecule has 0 aliphatic heterocycles. The minimum atomic E-state index is -0.159. The van der Waals surface area contributed by atoms with E-state index in [1.54, 1.807) is 30.3 Å². The Morgan fingerprint density at radius 3 is 2.67 bits per heavy atom. The second kappa shape index (κ2) is 5.40. The van der Waals surface area contributed by atoms with Crippen molar-refractivity contribution in [1.82, 2.24) is 4.98 Å². The summed E-state index contributed by atoms with van der Waals surface area (Å²) in [6.45, 7) is 4.42. The van der Waals surface area contributed by atoms with Crippen molar-refractivity contribution < 1.29 is 13.9 Å². The number of furan rings is 1. The summed E-state index contributed by atoms with van der Waals surface area (Å²) in [6.07, 6.45) is 0. The predicted molar refractivity (Wildman–Crippen MR) is 79.8 cm³/mol. The molecule has 0 N–H and O–H groups in total. The number of pyridine rings is 1. The van der Waals surface area contributed by atoms with Crippen LogP contribution in [0.2, 0.25) is 0 Å². The Labute approximate surface area is 122 Å². The molecule has 0 atom stereocenters. The molecule has 0 radical (unpaired) electrons. The zero-order valence-corrected chi connectivity index (χ0v) is 11.9. The Hall–Kier alpha value is -2.62. The largest absolute Gasteiger partial charge is 0.494 e. The van der Waals surface area contributed by atoms with Gasteiger partial charge in [0.2, 0.25) is 5.78 Å². The van der Waals surface area contributed by atoms with Gasteiger partial charge >= 0.3 is 0 Å². The molecular formula is C17H15NO3. The zero-order valence-electron chi connectivity index (χ0n) is 11.9. The van der Waals surface area contributed by atoms with E-state index in [0.29, 0.717) is 29.0 Å². The molecule has 4 heteroatoms. The highest BCUT2D eigenvalue weighted by molar-refractivity contribution is 6.08. The van der Waals surface area contributed by atoms with Gasteiger partial charge in [-0.25, -0.2) is 4.98 Å². The normalized spacial score (nSPS) is 10.8. The van der Waals surface area contributed by atoms with E-state index in [2.05, 4.69) is 4.98 Å². The molecule has 0 bridgehead atoms. The Kier molecular flexibility index (Phi) is 3.44. The number of hydrogen-bond acceptors (Lipinski definition) is 4. The highest BCUT2D eigenvalue weighted by atomic mass is 16.5. The maximum atomic E-state index is 12.4. The summed E-state index contributed by atoms with van der Waals surface area (Å²) < 4.78 is 10.9. The smallest absolute Gasteiger partial charge is 0.228 e. The van der Waals surface area contributed by atoms with Gasteiger partial charge < -0.3 is 9.15 Å². The number of ether oxygens (including phenoxy) is 1. The predicted octanol–water partition coefficient (Wildman–Crippen LogP) is 3.77. The molecule has 0 amide bonds. The molecule has 3 aromatic rings. The average molecular weight is 281 g/mol. The molecule has 0 fully saturated rings. The van der Waals surface area contributed by atoms with Crippen LogP contribution in [0.25, 0.3) is 11.1 Å². The Bertz CT molecular complexity index is 787. The summed E-state index contributed by atoms with van der Waals surface area (Å²) in [6, 6.07) is 12.4. The minimum Gasteiger partial charge on any atom is -0.494 e. The van der Waals surface area contributed by atoms with Gasteiger partial charge in [0, 0.05) is 17.3 Å². The first-order chi connectivity index (χ1) is 10.2. The summed E-state index contributed by atoms with van der Waals surface area (Å²) in [7, 11) is 0. The van der Waals surface area contributed by atoms with Crippen molar-refractivity contribution >= 4 is 16.9 Å². The summed E-state index contributed by atoms with van der Waals surface area (Å²) in [4.78, 5) is 16.8. The Morgan fingerprint density at radius 2 is 1.95 bits per heavy atom. The van der Waals surface area contributed by atoms with Crippen molar-refractivity contribution in [1.29, 1.82) is 0 Å². The van der Waals surface area contributed by atoms with Crippen LogP contribution in [-0.4, -0.2) is 17.4 Å². The standard InChI is InChI=1S/C17H15NO3/c1-3-20-13-7-5-12(6-8-13)17(19)16-10-14-15(21-16)9-4-11(2)18-14/h4-10H,3H2,1-2H3. The van der Waals surface area contributed by atoms with E-state index in [-0.39, 0.29) is 5.78 Å². The van der Waals surface area contributed by atoms with Crippen LogP contribution in [0.15, 0.2) is 46.9 Å². The zero-order chi connectivity index (χ0) is 14.8. The first-order valence-corrected chi connectivity index (χ1v) is 6.82. The van der Waals surface area contributed by atoms with Gasteiger partial charge in [-0.1, -0.05) is 0 Å². The van der Waals surface area contributed by atoms with Gasteiger partial charge in [0.25, 0.3) is 0 Å². The van der Waals surface area contributed by atoms with Crippen LogP contribution in [0.1, 0.15) is 28.7 Å². The Morgan fingerprint density at radius 1 is 1.19 bits per heavy atom. The maximum absolute atomic E-state index is 12.4. The second-order valence-electron chi connectivity index (χ2n) is 4.73. The van der Waals surface area contributed by atoms with Crippen LogP contribution in [-0.2, 0) is 0 Å². The number of aromatic nitrogens is 1. The van der Waals surface area contributed by atoms with Crippen molar-refractivity contribution in [2.45, 2.75) is 13.8 Å². The van der Waals surface area contributed by atoms with E-state index < -0.39 is 0 Å². The van der Waals surface area contributed by atoms with Crippen LogP contribution in [0, 0.1) is 6.92 Å². The summed E-state index contributed by atoms with van der Waals surface area (Å²) in [5.41, 5.74) is 2.77. The lowest BCUT2D eigenvalue weighted by atomic mass is 10.1. The first-order valence-electron chi connectivity index (χ1n) is 6.82. The topological polar surface area (TPSA) is 52.3 Å². The van der Waals surface area contributed by atoms with Gasteiger partial charge in [0.1, 0.15) is 11.3 Å². The third kappa shape index (κ3) is 2.65. The number of aryl methyl sites for hydroxylation is 1. The third-order valence-electron chi connectivity index (χ3n) is 3.16. The Balaban J connectivity index is 1.92. The number of benzene rings is 1. The van der Waals surface area contributed by atoms with Gasteiger partial charge in [-0.2, -0.15) is 0 Å². The molecule has 3 rings (SSSR count). The van der Waals surface area contributed by atoms with Crippen molar-refractivity contribution in [3.63, 3.8) is 0 Å². The lowest BCUT2D eigenvalue weighted by molar-refractivity contribution is 0.101. The summed E-state index contributed by atoms with van der Waals surface area (Å²) in [5, 5.41) is 0. The van der Waals surface area contributed by atoms with Gasteiger partial charge in [-0.15, -0.1) is 0 Å². The maximum Gasteiger partial charge on any atom is 0.228 e. The molecule has 0 aliphatic rings. The van der Waals surface area contributed by atoms with Crippen LogP contribution in [0.5, 0.6) is 5.75 Å². The highest BCUT2D eigenvalue weighted by Gasteiger charge is 2.15. The fourth-order valence-corrected chi connectivity index (χ4v) is 2.15. The number of carbonyl (C=O) groups is 1. The van der Waals surface area contributed by atoms with Crippen molar-refractivity contribution in [3.05, 3.63) is 59.5 Å². The van der Waals surface area contributed by atoms with Crippen molar-refractivity contribution in [3.8, 4) is 5.75 Å². The van der Waals surface area contributed by atoms with Crippen LogP contribution in [0.4, 0.5) is 0 Å². The molecule has 0 saturated heterocycles. The van der Waals surface area contributed by atoms with E-state index >= 15 is 0 Å². The lowest BCUT2D eigenvalue weighted by Crippen LogP contribution is -1.99. The number of nitrogens with zero attached hydrogens (tertiary/aromatic N) is 1. The minimum absolute atomic E-state index is 0.159. The number of ketones is 1. The lowest BCUT2D eigenvalue weighted by Gasteiger charge is -2.03. The first kappa shape index (κ1) is 13.4. The molecular weight excluding hydrogens is 266 g/mol. The van der Waals surface area contributed by atoms with E-state index in [1.807, 2.05) is 26.0 Å². The number of carbonyl (C=O) groups excluding carboxylic acids is 1. The van der Waals surface area contributed by atoms with E-state index in [9.17, 15) is 4.79 Å². The van der Waals surface area contributed by atoms with Gasteiger partial charge in [-0.05, 0) is 50.2 Å². The van der Waals surface area contributed by atoms with E-state index in [4.69, 9.17) is 9.15 Å². The molecule has 2 aromatic heterocycles. The van der Waals surface area contributed by atoms with Crippen molar-refractivity contribution in [2.24, 2.45) is 0 Å². The van der Waals surface area contributed by atoms with E-state index in [1.165, 1.54) is 0 Å². The molecule has 0 spiro atoms. The summed E-state index contributed by atoms with van der Waals surface area (Å²) >= 11 is 0. The molecule has 4 nitrogen and oxygen atoms in total. The van der Waals surface area contributed by atoms with Gasteiger partial charge in [0.15, 0.2) is 11.3 Å². The molecule has 2 heterocycles. The highest BCUT2D eigenvalue weighted by Crippen LogP contribution is 2.21. The summed E-state index contributed by atoms with van der Waals surface area (Å²) in [5.74, 6) is 0.886. The molecule has 106 valence electrons. The fraction of sp³-hybridized carbons (Fsp3) is 0.176. The fourth-order valence-electron chi connectivity index (χ4n) is 2.15. The molecule has 0 aliphatic carbocycles. The molecule has 0 saturated carbocycles. The monoisotopic (exact) mass is 281 g/mol. The van der Waals surface area contributed by atoms with E-state index in [0.717, 1.165) is 11.4 Å². The third-order valence-corrected chi connectivity index (χ3v) is 3.16. The molecule has 21 heavy (non-hydrogen) atoms. The van der Waals surface area contributed by atoms with Crippen LogP contribution < -0.4 is 4.74 Å². The molecule has 1 aromatic carbocycles. The van der Waals surface area contributed by atoms with Gasteiger partial charge in [0.05, 0.1) is 6.61 Å². The van der Waals surface area contributed by atoms with Gasteiger partial charge in [-0.3, -0.25) is 4.79 Å². The average Bonchev–Trinajstić information content (AvgIpc) is 2.90. The quantitative estimate of drug-likeness (QED) is 0.683. The van der Waals surface area contributed by atoms with Crippen LogP contribution >= 0.6 is 0 Å². The molecule has 0 unspecified atom stereocenters. The number of hydrogen-bond donors (Lipinski definition) is 0. The van der Waals surface area contributed by atoms with Crippen molar-refractivity contribution in [2.75, 3.05) is 6.61 Å². The SMILES string of the molecule is CCOc1ccc(C(=O)c2cc3nc(C)ccc3o2)cc1. The number of fused-ring (bicyclic) bond motifs is 1. The van der Waals surface area contributed by atoms with Crippen LogP contribution in [0.3, 0.4) is 0 Å². The number of rotatable bonds is 4.